The Bertz CT molecular complexity index is 467. The number of rotatable bonds is 2. The molecule has 0 radical (unpaired) electrons. The molecule has 6 heteroatoms. The summed E-state index contributed by atoms with van der Waals surface area (Å²) in [6, 6.07) is 4.07. The van der Waals surface area contributed by atoms with Crippen LogP contribution >= 0.6 is 0 Å². The van der Waals surface area contributed by atoms with Crippen LogP contribution in [0.25, 0.3) is 0 Å². The summed E-state index contributed by atoms with van der Waals surface area (Å²) in [6.45, 7) is 3.50. The number of carbonyl (C=O) groups excluding carboxylic acids is 1. The Labute approximate surface area is 111 Å². The first-order valence-corrected chi connectivity index (χ1v) is 6.11. The lowest BCUT2D eigenvalue weighted by Crippen LogP contribution is -2.46. The van der Waals surface area contributed by atoms with Gasteiger partial charge in [-0.05, 0) is 19.1 Å². The highest BCUT2D eigenvalue weighted by Gasteiger charge is 2.21. The molecule has 1 heterocycles. The van der Waals surface area contributed by atoms with Crippen molar-refractivity contribution in [2.75, 3.05) is 32.1 Å². The Morgan fingerprint density at radius 1 is 1.58 bits per heavy atom. The summed E-state index contributed by atoms with van der Waals surface area (Å²) >= 11 is 0. The van der Waals surface area contributed by atoms with Crippen LogP contribution in [0.2, 0.25) is 0 Å². The van der Waals surface area contributed by atoms with Crippen molar-refractivity contribution in [3.63, 3.8) is 0 Å². The highest BCUT2D eigenvalue weighted by molar-refractivity contribution is 5.89. The Kier molecular flexibility index (Phi) is 4.21. The summed E-state index contributed by atoms with van der Waals surface area (Å²) < 4.78 is 23.7. The first kappa shape index (κ1) is 13.6. The maximum absolute atomic E-state index is 13.5. The van der Waals surface area contributed by atoms with Crippen LogP contribution in [-0.4, -0.2) is 43.8 Å². The normalized spacial score (nSPS) is 19.1. The van der Waals surface area contributed by atoms with Gasteiger partial charge in [0.2, 0.25) is 0 Å². The molecule has 1 atom stereocenters. The number of nitrogens with zero attached hydrogens (tertiary/aromatic N) is 1. The minimum atomic E-state index is -0.504. The number of carbonyl (C=O) groups is 1. The number of urea groups is 1. The summed E-state index contributed by atoms with van der Waals surface area (Å²) in [5, 5.41) is 2.66. The number of amides is 2. The van der Waals surface area contributed by atoms with Gasteiger partial charge >= 0.3 is 6.03 Å². The minimum Gasteiger partial charge on any atom is -0.494 e. The van der Waals surface area contributed by atoms with Gasteiger partial charge in [0.1, 0.15) is 0 Å². The molecule has 2 amide bonds. The second-order valence-electron chi connectivity index (χ2n) is 4.41. The van der Waals surface area contributed by atoms with Crippen LogP contribution in [0.3, 0.4) is 0 Å². The quantitative estimate of drug-likeness (QED) is 0.893. The SMILES string of the molecule is COc1ccc(NC(=O)N2CCO[C@@H](C)C2)cc1F. The number of ether oxygens (including phenoxy) is 2. The third-order valence-electron chi connectivity index (χ3n) is 2.93. The van der Waals surface area contributed by atoms with E-state index in [9.17, 15) is 9.18 Å². The summed E-state index contributed by atoms with van der Waals surface area (Å²) in [7, 11) is 1.39. The van der Waals surface area contributed by atoms with Gasteiger partial charge in [-0.3, -0.25) is 0 Å². The molecule has 19 heavy (non-hydrogen) atoms. The molecule has 0 aromatic heterocycles. The van der Waals surface area contributed by atoms with E-state index in [4.69, 9.17) is 9.47 Å². The maximum atomic E-state index is 13.5. The Morgan fingerprint density at radius 3 is 3.00 bits per heavy atom. The molecule has 1 aromatic carbocycles. The van der Waals surface area contributed by atoms with Gasteiger partial charge in [-0.1, -0.05) is 0 Å². The second-order valence-corrected chi connectivity index (χ2v) is 4.41. The van der Waals surface area contributed by atoms with E-state index in [-0.39, 0.29) is 17.9 Å². The van der Waals surface area contributed by atoms with E-state index in [1.54, 1.807) is 11.0 Å². The molecule has 5 nitrogen and oxygen atoms in total. The minimum absolute atomic E-state index is 0.0205. The van der Waals surface area contributed by atoms with Crippen LogP contribution < -0.4 is 10.1 Å². The smallest absolute Gasteiger partial charge is 0.322 e. The largest absolute Gasteiger partial charge is 0.494 e. The predicted octanol–water partition coefficient (Wildman–Crippen LogP) is 2.09. The van der Waals surface area contributed by atoms with Crippen molar-refractivity contribution < 1.29 is 18.7 Å². The molecule has 2 rings (SSSR count). The second kappa shape index (κ2) is 5.88. The van der Waals surface area contributed by atoms with Gasteiger partial charge in [-0.25, -0.2) is 9.18 Å². The van der Waals surface area contributed by atoms with Gasteiger partial charge in [0.05, 0.1) is 19.8 Å². The van der Waals surface area contributed by atoms with Gasteiger partial charge in [0.15, 0.2) is 11.6 Å². The molecule has 0 saturated carbocycles. The molecule has 1 aliphatic rings. The highest BCUT2D eigenvalue weighted by Crippen LogP contribution is 2.21. The average molecular weight is 268 g/mol. The van der Waals surface area contributed by atoms with E-state index in [1.165, 1.54) is 19.2 Å². The fraction of sp³-hybridized carbons (Fsp3) is 0.462. The fourth-order valence-corrected chi connectivity index (χ4v) is 1.95. The highest BCUT2D eigenvalue weighted by atomic mass is 19.1. The van der Waals surface area contributed by atoms with Crippen molar-refractivity contribution in [3.8, 4) is 5.75 Å². The van der Waals surface area contributed by atoms with E-state index < -0.39 is 5.82 Å². The van der Waals surface area contributed by atoms with Gasteiger partial charge in [0, 0.05) is 24.8 Å². The third-order valence-corrected chi connectivity index (χ3v) is 2.93. The summed E-state index contributed by atoms with van der Waals surface area (Å²) in [5.74, 6) is -0.353. The van der Waals surface area contributed by atoms with Crippen LogP contribution in [0.4, 0.5) is 14.9 Å². The molecule has 0 bridgehead atoms. The van der Waals surface area contributed by atoms with Crippen LogP contribution in [0.15, 0.2) is 18.2 Å². The van der Waals surface area contributed by atoms with Crippen molar-refractivity contribution in [1.29, 1.82) is 0 Å². The van der Waals surface area contributed by atoms with Gasteiger partial charge < -0.3 is 19.7 Å². The van der Waals surface area contributed by atoms with Crippen LogP contribution in [0.5, 0.6) is 5.75 Å². The van der Waals surface area contributed by atoms with Crippen molar-refractivity contribution in [1.82, 2.24) is 4.90 Å². The average Bonchev–Trinajstić information content (AvgIpc) is 2.39. The number of morpholine rings is 1. The van der Waals surface area contributed by atoms with E-state index in [0.717, 1.165) is 0 Å². The summed E-state index contributed by atoms with van der Waals surface area (Å²) in [5.41, 5.74) is 0.405. The molecule has 0 unspecified atom stereocenters. The first-order chi connectivity index (χ1) is 9.10. The number of methoxy groups -OCH3 is 1. The Hall–Kier alpha value is -1.82. The summed E-state index contributed by atoms with van der Waals surface area (Å²) in [6.07, 6.45) is 0.0205. The van der Waals surface area contributed by atoms with Crippen molar-refractivity contribution >= 4 is 11.7 Å². The standard InChI is InChI=1S/C13H17FN2O3/c1-9-8-16(5-6-19-9)13(17)15-10-3-4-12(18-2)11(14)7-10/h3-4,7,9H,5-6,8H2,1-2H3,(H,15,17)/t9-/m0/s1. The van der Waals surface area contributed by atoms with E-state index in [1.807, 2.05) is 6.92 Å². The predicted molar refractivity (Wildman–Crippen MR) is 69.0 cm³/mol. The number of hydrogen-bond acceptors (Lipinski definition) is 3. The van der Waals surface area contributed by atoms with Gasteiger partial charge in [0.25, 0.3) is 0 Å². The van der Waals surface area contributed by atoms with Crippen molar-refractivity contribution in [3.05, 3.63) is 24.0 Å². The molecule has 1 fully saturated rings. The van der Waals surface area contributed by atoms with Crippen molar-refractivity contribution in [2.45, 2.75) is 13.0 Å². The Balaban J connectivity index is 2.00. The maximum Gasteiger partial charge on any atom is 0.322 e. The lowest BCUT2D eigenvalue weighted by molar-refractivity contribution is -0.00138. The number of nitrogens with one attached hydrogen (secondary N) is 1. The lowest BCUT2D eigenvalue weighted by Gasteiger charge is -2.31. The molecular formula is C13H17FN2O3. The molecule has 0 aliphatic carbocycles. The van der Waals surface area contributed by atoms with Gasteiger partial charge in [-0.2, -0.15) is 0 Å². The zero-order chi connectivity index (χ0) is 13.8. The molecule has 1 aromatic rings. The lowest BCUT2D eigenvalue weighted by atomic mass is 10.3. The molecule has 1 aliphatic heterocycles. The number of anilines is 1. The number of halogens is 1. The van der Waals surface area contributed by atoms with E-state index >= 15 is 0 Å². The third kappa shape index (κ3) is 3.35. The van der Waals surface area contributed by atoms with E-state index in [2.05, 4.69) is 5.32 Å². The summed E-state index contributed by atoms with van der Waals surface area (Å²) in [4.78, 5) is 13.6. The number of hydrogen-bond donors (Lipinski definition) is 1. The Morgan fingerprint density at radius 2 is 2.37 bits per heavy atom. The van der Waals surface area contributed by atoms with E-state index in [0.29, 0.717) is 25.4 Å². The number of benzene rings is 1. The monoisotopic (exact) mass is 268 g/mol. The van der Waals surface area contributed by atoms with Gasteiger partial charge in [-0.15, -0.1) is 0 Å². The molecule has 1 saturated heterocycles. The molecular weight excluding hydrogens is 251 g/mol. The molecule has 0 spiro atoms. The molecule has 1 N–H and O–H groups in total. The van der Waals surface area contributed by atoms with Crippen molar-refractivity contribution in [2.24, 2.45) is 0 Å². The molecule has 104 valence electrons. The van der Waals surface area contributed by atoms with Crippen LogP contribution in [0.1, 0.15) is 6.92 Å². The fourth-order valence-electron chi connectivity index (χ4n) is 1.95. The van der Waals surface area contributed by atoms with Crippen LogP contribution in [0, 0.1) is 5.82 Å². The zero-order valence-corrected chi connectivity index (χ0v) is 11.0. The topological polar surface area (TPSA) is 50.8 Å². The van der Waals surface area contributed by atoms with Crippen LogP contribution in [-0.2, 0) is 4.74 Å². The first-order valence-electron chi connectivity index (χ1n) is 6.11. The zero-order valence-electron chi connectivity index (χ0n) is 11.0.